The molecule has 3 N–H and O–H groups in total. The number of fused-ring (bicyclic) bond motifs is 1. The third kappa shape index (κ3) is 4.67. The molecular weight excluding hydrogens is 356 g/mol. The topological polar surface area (TPSA) is 83.1 Å². The first-order valence-corrected chi connectivity index (χ1v) is 11.2. The number of anilines is 1. The predicted molar refractivity (Wildman–Crippen MR) is 103 cm³/mol. The highest BCUT2D eigenvalue weighted by molar-refractivity contribution is 8.00. The Hall–Kier alpha value is -0.830. The Morgan fingerprint density at radius 2 is 2.00 bits per heavy atom. The number of aromatic nitrogens is 1. The molecule has 0 bridgehead atoms. The molecule has 0 amide bonds. The minimum atomic E-state index is -3.25. The van der Waals surface area contributed by atoms with Gasteiger partial charge in [-0.2, -0.15) is 0 Å². The molecule has 1 aliphatic carbocycles. The highest BCUT2D eigenvalue weighted by Crippen LogP contribution is 2.36. The van der Waals surface area contributed by atoms with Gasteiger partial charge in [-0.15, -0.1) is 0 Å². The van der Waals surface area contributed by atoms with Gasteiger partial charge < -0.3 is 5.32 Å². The maximum absolute atomic E-state index is 12.2. The summed E-state index contributed by atoms with van der Waals surface area (Å²) < 4.78 is 26.4. The van der Waals surface area contributed by atoms with Crippen LogP contribution in [0.5, 0.6) is 0 Å². The first-order chi connectivity index (χ1) is 11.7. The lowest BCUT2D eigenvalue weighted by atomic mass is 9.86. The summed E-state index contributed by atoms with van der Waals surface area (Å²) in [6, 6.07) is 4.46. The monoisotopic (exact) mass is 384 g/mol. The van der Waals surface area contributed by atoms with Gasteiger partial charge in [0.25, 0.3) is 0 Å². The van der Waals surface area contributed by atoms with Crippen molar-refractivity contribution in [3.05, 3.63) is 18.3 Å². The van der Waals surface area contributed by atoms with Crippen molar-refractivity contribution in [1.29, 1.82) is 0 Å². The zero-order valence-electron chi connectivity index (χ0n) is 15.1. The fraction of sp³-hybridized carbons (Fsp3) is 0.706. The summed E-state index contributed by atoms with van der Waals surface area (Å²) in [6.45, 7) is 5.75. The van der Waals surface area contributed by atoms with Gasteiger partial charge in [0, 0.05) is 18.8 Å². The van der Waals surface area contributed by atoms with E-state index in [9.17, 15) is 8.42 Å². The highest BCUT2D eigenvalue weighted by Gasteiger charge is 2.31. The van der Waals surface area contributed by atoms with Crippen LogP contribution in [-0.2, 0) is 10.0 Å². The Morgan fingerprint density at radius 3 is 2.64 bits per heavy atom. The van der Waals surface area contributed by atoms with E-state index in [1.807, 2.05) is 12.3 Å². The first kappa shape index (κ1) is 18.9. The average Bonchev–Trinajstić information content (AvgIpc) is 2.95. The van der Waals surface area contributed by atoms with Gasteiger partial charge in [0.15, 0.2) is 0 Å². The quantitative estimate of drug-likeness (QED) is 0.724. The molecule has 0 saturated heterocycles. The van der Waals surface area contributed by atoms with E-state index >= 15 is 0 Å². The summed E-state index contributed by atoms with van der Waals surface area (Å²) in [7, 11) is -3.25. The number of rotatable bonds is 5. The van der Waals surface area contributed by atoms with Gasteiger partial charge in [-0.25, -0.2) is 18.1 Å². The highest BCUT2D eigenvalue weighted by atomic mass is 32.2. The van der Waals surface area contributed by atoms with Crippen LogP contribution in [0.1, 0.15) is 46.5 Å². The molecule has 1 unspecified atom stereocenters. The SMILES string of the molecule is CC(C)(C)S(=O)(=O)NC[C@H]1CC[C@H](NC2Nc3cccnc3S2)CC1. The van der Waals surface area contributed by atoms with Crippen LogP contribution in [0.15, 0.2) is 23.4 Å². The molecule has 1 aromatic rings. The molecule has 0 radical (unpaired) electrons. The molecular formula is C17H28N4O2S2. The summed E-state index contributed by atoms with van der Waals surface area (Å²) in [6.07, 6.45) is 6.06. The van der Waals surface area contributed by atoms with Gasteiger partial charge in [0.05, 0.1) is 10.4 Å². The van der Waals surface area contributed by atoms with E-state index in [0.717, 1.165) is 36.4 Å². The van der Waals surface area contributed by atoms with Gasteiger partial charge in [0.2, 0.25) is 10.0 Å². The summed E-state index contributed by atoms with van der Waals surface area (Å²) in [5, 5.41) is 8.15. The van der Waals surface area contributed by atoms with E-state index < -0.39 is 14.8 Å². The fourth-order valence-electron chi connectivity index (χ4n) is 3.14. The first-order valence-electron chi connectivity index (χ1n) is 8.88. The molecule has 140 valence electrons. The van der Waals surface area contributed by atoms with Crippen LogP contribution < -0.4 is 15.4 Å². The van der Waals surface area contributed by atoms with Gasteiger partial charge in [0.1, 0.15) is 10.5 Å². The third-order valence-electron chi connectivity index (χ3n) is 4.89. The predicted octanol–water partition coefficient (Wildman–Crippen LogP) is 2.75. The average molecular weight is 385 g/mol. The van der Waals surface area contributed by atoms with Crippen molar-refractivity contribution in [3.8, 4) is 0 Å². The molecule has 25 heavy (non-hydrogen) atoms. The molecule has 0 spiro atoms. The molecule has 3 rings (SSSR count). The number of nitrogens with zero attached hydrogens (tertiary/aromatic N) is 1. The lowest BCUT2D eigenvalue weighted by molar-refractivity contribution is 0.292. The Morgan fingerprint density at radius 1 is 1.28 bits per heavy atom. The van der Waals surface area contributed by atoms with Crippen molar-refractivity contribution < 1.29 is 8.42 Å². The molecule has 1 aromatic heterocycles. The third-order valence-corrected chi connectivity index (χ3v) is 8.09. The lowest BCUT2D eigenvalue weighted by Gasteiger charge is -2.31. The summed E-state index contributed by atoms with van der Waals surface area (Å²) in [5.41, 5.74) is 1.26. The molecule has 0 aromatic carbocycles. The Labute approximate surface area is 155 Å². The summed E-state index contributed by atoms with van der Waals surface area (Å²) in [5.74, 6) is 0.429. The Kier molecular flexibility index (Phi) is 5.63. The second-order valence-corrected chi connectivity index (χ2v) is 11.5. The molecule has 1 saturated carbocycles. The van der Waals surface area contributed by atoms with Crippen LogP contribution in [0.25, 0.3) is 0 Å². The maximum atomic E-state index is 12.2. The number of nitrogens with one attached hydrogen (secondary N) is 3. The number of thioether (sulfide) groups is 1. The second-order valence-electron chi connectivity index (χ2n) is 7.85. The van der Waals surface area contributed by atoms with E-state index in [1.54, 1.807) is 32.5 Å². The largest absolute Gasteiger partial charge is 0.359 e. The van der Waals surface area contributed by atoms with Crippen LogP contribution in [0.3, 0.4) is 0 Å². The molecule has 1 atom stereocenters. The van der Waals surface area contributed by atoms with Crippen LogP contribution in [0, 0.1) is 5.92 Å². The van der Waals surface area contributed by atoms with Crippen LogP contribution in [0.4, 0.5) is 5.69 Å². The van der Waals surface area contributed by atoms with Crippen LogP contribution in [-0.4, -0.2) is 36.2 Å². The molecule has 1 aliphatic heterocycles. The summed E-state index contributed by atoms with van der Waals surface area (Å²) >= 11 is 1.72. The number of pyridine rings is 1. The number of hydrogen-bond acceptors (Lipinski definition) is 6. The fourth-order valence-corrected chi connectivity index (χ4v) is 5.08. The van der Waals surface area contributed by atoms with E-state index in [2.05, 4.69) is 26.4 Å². The Bertz CT molecular complexity index is 670. The van der Waals surface area contributed by atoms with Gasteiger partial charge >= 0.3 is 0 Å². The van der Waals surface area contributed by atoms with Crippen molar-refractivity contribution >= 4 is 27.5 Å². The van der Waals surface area contributed by atoms with Gasteiger partial charge in [-0.05, 0) is 64.5 Å². The van der Waals surface area contributed by atoms with E-state index in [1.165, 1.54) is 0 Å². The van der Waals surface area contributed by atoms with Crippen molar-refractivity contribution in [1.82, 2.24) is 15.0 Å². The van der Waals surface area contributed by atoms with Crippen molar-refractivity contribution in [2.75, 3.05) is 11.9 Å². The Balaban J connectivity index is 1.41. The van der Waals surface area contributed by atoms with Gasteiger partial charge in [-0.1, -0.05) is 11.8 Å². The van der Waals surface area contributed by atoms with Crippen molar-refractivity contribution in [3.63, 3.8) is 0 Å². The number of hydrogen-bond donors (Lipinski definition) is 3. The molecule has 8 heteroatoms. The van der Waals surface area contributed by atoms with E-state index in [-0.39, 0.29) is 5.50 Å². The molecule has 6 nitrogen and oxygen atoms in total. The molecule has 2 aliphatic rings. The van der Waals surface area contributed by atoms with Crippen LogP contribution in [0.2, 0.25) is 0 Å². The maximum Gasteiger partial charge on any atom is 0.216 e. The smallest absolute Gasteiger partial charge is 0.216 e. The lowest BCUT2D eigenvalue weighted by Crippen LogP contribution is -2.44. The zero-order valence-corrected chi connectivity index (χ0v) is 16.7. The summed E-state index contributed by atoms with van der Waals surface area (Å²) in [4.78, 5) is 4.38. The van der Waals surface area contributed by atoms with Crippen molar-refractivity contribution in [2.24, 2.45) is 5.92 Å². The number of sulfonamides is 1. The minimum Gasteiger partial charge on any atom is -0.359 e. The minimum absolute atomic E-state index is 0.172. The second kappa shape index (κ2) is 7.42. The van der Waals surface area contributed by atoms with Crippen LogP contribution >= 0.6 is 11.8 Å². The van der Waals surface area contributed by atoms with Crippen molar-refractivity contribution in [2.45, 2.75) is 67.8 Å². The molecule has 2 heterocycles. The zero-order chi connectivity index (χ0) is 18.1. The van der Waals surface area contributed by atoms with E-state index in [4.69, 9.17) is 0 Å². The standard InChI is InChI=1S/C17H28N4O2S2/c1-17(2,3)25(22,23)19-11-12-6-8-13(9-7-12)20-16-21-14-5-4-10-18-15(14)24-16/h4-5,10,12-13,16,19-21H,6-9,11H2,1-3H3/t12-,13-,16?. The normalized spacial score (nSPS) is 26.9. The van der Waals surface area contributed by atoms with Gasteiger partial charge in [-0.3, -0.25) is 5.32 Å². The molecule has 1 fully saturated rings. The van der Waals surface area contributed by atoms with E-state index in [0.29, 0.717) is 18.5 Å².